The number of esters is 2. The topological polar surface area (TPSA) is 110 Å². The molecule has 0 aromatic carbocycles. The molecule has 4 saturated carbocycles. The predicted molar refractivity (Wildman–Crippen MR) is 143 cm³/mol. The van der Waals surface area contributed by atoms with Crippen molar-refractivity contribution in [1.82, 2.24) is 0 Å². The van der Waals surface area contributed by atoms with E-state index in [1.807, 2.05) is 0 Å². The Labute approximate surface area is 228 Å². The SMILES string of the molecule is CC(CCC(=O)OCOC(=O)CC[C@@H](C)C1CCC2C3CC[C@@H]4C[C@H](O)CC[C@]4(C)C3CC[C@@]21C)C(=O)O. The summed E-state index contributed by atoms with van der Waals surface area (Å²) in [6.07, 6.45) is 12.1. The van der Waals surface area contributed by atoms with E-state index in [1.165, 1.54) is 44.9 Å². The average Bonchev–Trinajstić information content (AvgIpc) is 3.23. The van der Waals surface area contributed by atoms with Crippen molar-refractivity contribution >= 4 is 17.9 Å². The molecule has 0 spiro atoms. The number of hydrogen-bond donors (Lipinski definition) is 2. The molecule has 2 N–H and O–H groups in total. The van der Waals surface area contributed by atoms with Crippen LogP contribution in [-0.4, -0.2) is 41.0 Å². The summed E-state index contributed by atoms with van der Waals surface area (Å²) in [5.41, 5.74) is 0.735. The Bertz CT molecular complexity index is 872. The first kappa shape index (κ1) is 29.4. The quantitative estimate of drug-likeness (QED) is 0.262. The van der Waals surface area contributed by atoms with Gasteiger partial charge >= 0.3 is 17.9 Å². The fourth-order valence-corrected chi connectivity index (χ4v) is 9.52. The molecule has 4 aliphatic carbocycles. The van der Waals surface area contributed by atoms with Gasteiger partial charge in [-0.1, -0.05) is 27.7 Å². The van der Waals surface area contributed by atoms with Crippen molar-refractivity contribution < 1.29 is 34.1 Å². The van der Waals surface area contributed by atoms with Gasteiger partial charge in [-0.15, -0.1) is 0 Å². The van der Waals surface area contributed by atoms with E-state index in [0.29, 0.717) is 35.0 Å². The Morgan fingerprint density at radius 2 is 1.47 bits per heavy atom. The van der Waals surface area contributed by atoms with Gasteiger partial charge in [0.05, 0.1) is 12.0 Å². The highest BCUT2D eigenvalue weighted by atomic mass is 16.7. The summed E-state index contributed by atoms with van der Waals surface area (Å²) < 4.78 is 10.1. The van der Waals surface area contributed by atoms with Crippen molar-refractivity contribution in [3.05, 3.63) is 0 Å². The minimum atomic E-state index is -0.944. The van der Waals surface area contributed by atoms with Crippen molar-refractivity contribution in [1.29, 1.82) is 0 Å². The van der Waals surface area contributed by atoms with Crippen LogP contribution >= 0.6 is 0 Å². The van der Waals surface area contributed by atoms with Crippen LogP contribution in [-0.2, 0) is 23.9 Å². The number of carbonyl (C=O) groups is 3. The summed E-state index contributed by atoms with van der Waals surface area (Å²) in [7, 11) is 0. The highest BCUT2D eigenvalue weighted by Crippen LogP contribution is 2.68. The fourth-order valence-electron chi connectivity index (χ4n) is 9.52. The molecule has 0 heterocycles. The molecule has 0 amide bonds. The van der Waals surface area contributed by atoms with E-state index in [2.05, 4.69) is 20.8 Å². The van der Waals surface area contributed by atoms with Gasteiger partial charge in [0, 0.05) is 12.8 Å². The molecular formula is C31H50O7. The second-order valence-electron chi connectivity index (χ2n) is 13.8. The highest BCUT2D eigenvalue weighted by molar-refractivity contribution is 5.73. The number of aliphatic carboxylic acids is 1. The third-order valence-electron chi connectivity index (χ3n) is 11.8. The lowest BCUT2D eigenvalue weighted by Crippen LogP contribution is -2.54. The number of carboxylic acid groups (broad SMARTS) is 1. The Morgan fingerprint density at radius 3 is 2.16 bits per heavy atom. The number of aliphatic hydroxyl groups excluding tert-OH is 1. The first-order valence-electron chi connectivity index (χ1n) is 15.2. The van der Waals surface area contributed by atoms with Crippen LogP contribution in [0.2, 0.25) is 0 Å². The Balaban J connectivity index is 1.23. The summed E-state index contributed by atoms with van der Waals surface area (Å²) in [5.74, 6) is 1.66. The van der Waals surface area contributed by atoms with Gasteiger partial charge in [-0.2, -0.15) is 0 Å². The first-order chi connectivity index (χ1) is 18.0. The maximum atomic E-state index is 12.3. The van der Waals surface area contributed by atoms with Gasteiger partial charge in [0.2, 0.25) is 6.79 Å². The molecule has 4 rings (SSSR count). The van der Waals surface area contributed by atoms with Crippen LogP contribution in [0.25, 0.3) is 0 Å². The number of rotatable bonds is 10. The van der Waals surface area contributed by atoms with E-state index in [0.717, 1.165) is 37.0 Å². The van der Waals surface area contributed by atoms with E-state index >= 15 is 0 Å². The molecule has 5 unspecified atom stereocenters. The van der Waals surface area contributed by atoms with Gasteiger partial charge in [0.25, 0.3) is 0 Å². The van der Waals surface area contributed by atoms with Crippen LogP contribution in [0.15, 0.2) is 0 Å². The Hall–Kier alpha value is -1.63. The van der Waals surface area contributed by atoms with Crippen molar-refractivity contribution in [3.63, 3.8) is 0 Å². The number of carboxylic acids is 1. The molecular weight excluding hydrogens is 484 g/mol. The molecule has 0 aromatic rings. The molecule has 10 atom stereocenters. The Morgan fingerprint density at radius 1 is 0.842 bits per heavy atom. The second-order valence-corrected chi connectivity index (χ2v) is 13.8. The van der Waals surface area contributed by atoms with E-state index in [4.69, 9.17) is 14.6 Å². The number of hydrogen-bond acceptors (Lipinski definition) is 6. The number of ether oxygens (including phenoxy) is 2. The van der Waals surface area contributed by atoms with Gasteiger partial charge in [-0.3, -0.25) is 14.4 Å². The molecule has 7 heteroatoms. The van der Waals surface area contributed by atoms with Crippen molar-refractivity contribution in [2.75, 3.05) is 6.79 Å². The summed E-state index contributed by atoms with van der Waals surface area (Å²) in [6.45, 7) is 8.50. The van der Waals surface area contributed by atoms with Crippen LogP contribution in [0.3, 0.4) is 0 Å². The molecule has 7 nitrogen and oxygen atoms in total. The van der Waals surface area contributed by atoms with E-state index in [-0.39, 0.29) is 24.9 Å². The molecule has 216 valence electrons. The lowest BCUT2D eigenvalue weighted by Gasteiger charge is -2.61. The summed E-state index contributed by atoms with van der Waals surface area (Å²) in [5, 5.41) is 19.2. The molecule has 4 aliphatic rings. The smallest absolute Gasteiger partial charge is 0.308 e. The van der Waals surface area contributed by atoms with Gasteiger partial charge in [-0.05, 0) is 117 Å². The molecule has 0 bridgehead atoms. The molecule has 0 aromatic heterocycles. The normalized spacial score (nSPS) is 39.7. The van der Waals surface area contributed by atoms with Crippen LogP contribution in [0, 0.1) is 52.3 Å². The van der Waals surface area contributed by atoms with Crippen LogP contribution in [0.4, 0.5) is 0 Å². The maximum absolute atomic E-state index is 12.3. The minimum Gasteiger partial charge on any atom is -0.481 e. The number of carbonyl (C=O) groups excluding carboxylic acids is 2. The predicted octanol–water partition coefficient (Wildman–Crippen LogP) is 5.97. The largest absolute Gasteiger partial charge is 0.481 e. The summed E-state index contributed by atoms with van der Waals surface area (Å²) >= 11 is 0. The zero-order valence-electron chi connectivity index (χ0n) is 24.0. The fraction of sp³-hybridized carbons (Fsp3) is 0.903. The molecule has 0 saturated heterocycles. The monoisotopic (exact) mass is 534 g/mol. The number of aliphatic hydroxyl groups is 1. The molecule has 0 radical (unpaired) electrons. The van der Waals surface area contributed by atoms with Crippen molar-refractivity contribution in [2.24, 2.45) is 52.3 Å². The lowest BCUT2D eigenvalue weighted by molar-refractivity contribution is -0.167. The first-order valence-corrected chi connectivity index (χ1v) is 15.2. The Kier molecular flexibility index (Phi) is 9.16. The summed E-state index contributed by atoms with van der Waals surface area (Å²) in [4.78, 5) is 34.9. The lowest BCUT2D eigenvalue weighted by atomic mass is 9.44. The summed E-state index contributed by atoms with van der Waals surface area (Å²) in [6, 6.07) is 0. The zero-order valence-corrected chi connectivity index (χ0v) is 24.0. The van der Waals surface area contributed by atoms with E-state index in [9.17, 15) is 19.5 Å². The minimum absolute atomic E-state index is 0.00685. The third-order valence-corrected chi connectivity index (χ3v) is 11.8. The van der Waals surface area contributed by atoms with Crippen LogP contribution in [0.1, 0.15) is 111 Å². The zero-order chi connectivity index (χ0) is 27.7. The number of fused-ring (bicyclic) bond motifs is 5. The van der Waals surface area contributed by atoms with Gasteiger partial charge in [0.1, 0.15) is 0 Å². The maximum Gasteiger partial charge on any atom is 0.308 e. The van der Waals surface area contributed by atoms with Crippen molar-refractivity contribution in [3.8, 4) is 0 Å². The van der Waals surface area contributed by atoms with Gasteiger partial charge in [-0.25, -0.2) is 0 Å². The van der Waals surface area contributed by atoms with E-state index in [1.54, 1.807) is 6.92 Å². The molecule has 0 aliphatic heterocycles. The highest BCUT2D eigenvalue weighted by Gasteiger charge is 2.60. The second kappa shape index (κ2) is 11.9. The molecule has 38 heavy (non-hydrogen) atoms. The van der Waals surface area contributed by atoms with Crippen LogP contribution in [0.5, 0.6) is 0 Å². The standard InChI is InChI=1S/C31H50O7/c1-19(5-11-27(33)37-18-38-28(34)12-6-20(2)29(35)36)24-9-10-25-23-8-7-21-17-22(32)13-15-30(21,3)26(23)14-16-31(24,25)4/h19-26,32H,5-18H2,1-4H3,(H,35,36)/t19-,20?,21-,22-,23?,24?,25?,26?,30+,31-/m1/s1. The van der Waals surface area contributed by atoms with Crippen LogP contribution < -0.4 is 0 Å². The van der Waals surface area contributed by atoms with Gasteiger partial charge < -0.3 is 19.7 Å². The van der Waals surface area contributed by atoms with Gasteiger partial charge in [0.15, 0.2) is 0 Å². The average molecular weight is 535 g/mol. The van der Waals surface area contributed by atoms with E-state index < -0.39 is 24.6 Å². The van der Waals surface area contributed by atoms with Crippen molar-refractivity contribution in [2.45, 2.75) is 117 Å². The molecule has 4 fully saturated rings. The third kappa shape index (κ3) is 5.93.